The van der Waals surface area contributed by atoms with Gasteiger partial charge in [0.25, 0.3) is 0 Å². The largest absolute Gasteiger partial charge is 0.369 e. The lowest BCUT2D eigenvalue weighted by Gasteiger charge is -2.34. The van der Waals surface area contributed by atoms with Crippen LogP contribution in [-0.4, -0.2) is 53.8 Å². The summed E-state index contributed by atoms with van der Waals surface area (Å²) in [6, 6.07) is 10.7. The molecule has 5 heteroatoms. The summed E-state index contributed by atoms with van der Waals surface area (Å²) in [6.07, 6.45) is 3.17. The van der Waals surface area contributed by atoms with Crippen LogP contribution in [0.25, 0.3) is 0 Å². The molecule has 0 unspecified atom stereocenters. The molecule has 0 saturated carbocycles. The van der Waals surface area contributed by atoms with Crippen molar-refractivity contribution in [1.29, 1.82) is 0 Å². The summed E-state index contributed by atoms with van der Waals surface area (Å²) in [7, 11) is 0. The Kier molecular flexibility index (Phi) is 6.79. The molecule has 1 fully saturated rings. The standard InChI is InChI=1S/C19H29N3O2/c1-15(2)22(13-18(20)23)14-19(24)21-10-8-17(9-11-21)12-16-6-4-3-5-7-16/h3-7,15,17H,8-14H2,1-2H3,(H2,20,23). The summed E-state index contributed by atoms with van der Waals surface area (Å²) in [5.41, 5.74) is 6.64. The molecule has 1 aliphatic heterocycles. The van der Waals surface area contributed by atoms with E-state index in [1.165, 1.54) is 5.56 Å². The molecule has 132 valence electrons. The van der Waals surface area contributed by atoms with Gasteiger partial charge in [0.15, 0.2) is 0 Å². The Hall–Kier alpha value is -1.88. The third kappa shape index (κ3) is 5.64. The molecule has 0 bridgehead atoms. The van der Waals surface area contributed by atoms with E-state index in [0.29, 0.717) is 5.92 Å². The van der Waals surface area contributed by atoms with Crippen molar-refractivity contribution in [3.63, 3.8) is 0 Å². The molecule has 1 aromatic carbocycles. The van der Waals surface area contributed by atoms with Gasteiger partial charge in [-0.1, -0.05) is 30.3 Å². The van der Waals surface area contributed by atoms with Gasteiger partial charge in [-0.15, -0.1) is 0 Å². The summed E-state index contributed by atoms with van der Waals surface area (Å²) in [4.78, 5) is 27.4. The van der Waals surface area contributed by atoms with Gasteiger partial charge in [-0.2, -0.15) is 0 Å². The second kappa shape index (κ2) is 8.83. The Balaban J connectivity index is 1.80. The predicted octanol–water partition coefficient (Wildman–Crippen LogP) is 1.66. The van der Waals surface area contributed by atoms with E-state index in [9.17, 15) is 9.59 Å². The Labute approximate surface area is 144 Å². The van der Waals surface area contributed by atoms with E-state index in [-0.39, 0.29) is 25.0 Å². The zero-order valence-corrected chi connectivity index (χ0v) is 14.8. The van der Waals surface area contributed by atoms with E-state index in [2.05, 4.69) is 24.3 Å². The SMILES string of the molecule is CC(C)N(CC(N)=O)CC(=O)N1CCC(Cc2ccccc2)CC1. The van der Waals surface area contributed by atoms with Crippen LogP contribution in [0.15, 0.2) is 30.3 Å². The number of nitrogens with zero attached hydrogens (tertiary/aromatic N) is 2. The molecule has 0 radical (unpaired) electrons. The first-order valence-corrected chi connectivity index (χ1v) is 8.79. The van der Waals surface area contributed by atoms with Crippen molar-refractivity contribution in [2.75, 3.05) is 26.2 Å². The van der Waals surface area contributed by atoms with Crippen molar-refractivity contribution in [3.8, 4) is 0 Å². The van der Waals surface area contributed by atoms with Crippen molar-refractivity contribution in [2.45, 2.75) is 39.2 Å². The monoisotopic (exact) mass is 331 g/mol. The molecular weight excluding hydrogens is 302 g/mol. The second-order valence-corrected chi connectivity index (χ2v) is 6.98. The van der Waals surface area contributed by atoms with Crippen LogP contribution in [0.4, 0.5) is 0 Å². The van der Waals surface area contributed by atoms with Gasteiger partial charge in [0.05, 0.1) is 13.1 Å². The van der Waals surface area contributed by atoms with Gasteiger partial charge in [0.2, 0.25) is 11.8 Å². The van der Waals surface area contributed by atoms with Gasteiger partial charge in [0, 0.05) is 19.1 Å². The fourth-order valence-electron chi connectivity index (χ4n) is 3.23. The van der Waals surface area contributed by atoms with Crippen LogP contribution in [0.5, 0.6) is 0 Å². The Bertz CT molecular complexity index is 537. The van der Waals surface area contributed by atoms with E-state index in [0.717, 1.165) is 32.4 Å². The predicted molar refractivity (Wildman–Crippen MR) is 95.4 cm³/mol. The van der Waals surface area contributed by atoms with Crippen LogP contribution in [0, 0.1) is 5.92 Å². The maximum atomic E-state index is 12.5. The summed E-state index contributed by atoms with van der Waals surface area (Å²) in [6.45, 7) is 5.96. The number of amides is 2. The summed E-state index contributed by atoms with van der Waals surface area (Å²) >= 11 is 0. The van der Waals surface area contributed by atoms with Crippen LogP contribution in [-0.2, 0) is 16.0 Å². The number of rotatable bonds is 7. The minimum absolute atomic E-state index is 0.100. The molecule has 2 amide bonds. The molecular formula is C19H29N3O2. The van der Waals surface area contributed by atoms with Crippen LogP contribution in [0.3, 0.4) is 0 Å². The lowest BCUT2D eigenvalue weighted by atomic mass is 9.90. The first-order chi connectivity index (χ1) is 11.5. The third-order valence-corrected chi connectivity index (χ3v) is 4.76. The highest BCUT2D eigenvalue weighted by Crippen LogP contribution is 2.21. The molecule has 5 nitrogen and oxygen atoms in total. The highest BCUT2D eigenvalue weighted by Gasteiger charge is 2.25. The number of benzene rings is 1. The average Bonchev–Trinajstić information content (AvgIpc) is 2.55. The number of hydrogen-bond donors (Lipinski definition) is 1. The quantitative estimate of drug-likeness (QED) is 0.826. The first-order valence-electron chi connectivity index (χ1n) is 8.79. The number of nitrogens with two attached hydrogens (primary N) is 1. The van der Waals surface area contributed by atoms with Crippen molar-refractivity contribution in [3.05, 3.63) is 35.9 Å². The molecule has 0 aromatic heterocycles. The third-order valence-electron chi connectivity index (χ3n) is 4.76. The summed E-state index contributed by atoms with van der Waals surface area (Å²) in [5, 5.41) is 0. The minimum Gasteiger partial charge on any atom is -0.369 e. The number of carbonyl (C=O) groups excluding carboxylic acids is 2. The van der Waals surface area contributed by atoms with E-state index >= 15 is 0 Å². The lowest BCUT2D eigenvalue weighted by molar-refractivity contribution is -0.134. The van der Waals surface area contributed by atoms with E-state index in [4.69, 9.17) is 5.73 Å². The summed E-state index contributed by atoms with van der Waals surface area (Å²) in [5.74, 6) is 0.351. The van der Waals surface area contributed by atoms with E-state index in [1.807, 2.05) is 29.7 Å². The highest BCUT2D eigenvalue weighted by molar-refractivity contribution is 5.80. The minimum atomic E-state index is -0.391. The first kappa shape index (κ1) is 18.5. The van der Waals surface area contributed by atoms with Crippen molar-refractivity contribution >= 4 is 11.8 Å². The number of likely N-dealkylation sites (tertiary alicyclic amines) is 1. The van der Waals surface area contributed by atoms with Crippen LogP contribution < -0.4 is 5.73 Å². The maximum absolute atomic E-state index is 12.5. The number of primary amides is 1. The molecule has 0 atom stereocenters. The van der Waals surface area contributed by atoms with Gasteiger partial charge in [-0.25, -0.2) is 0 Å². The molecule has 2 rings (SSSR count). The van der Waals surface area contributed by atoms with E-state index < -0.39 is 5.91 Å². The van der Waals surface area contributed by atoms with Gasteiger partial charge >= 0.3 is 0 Å². The number of hydrogen-bond acceptors (Lipinski definition) is 3. The molecule has 1 aliphatic rings. The van der Waals surface area contributed by atoms with Gasteiger partial charge < -0.3 is 10.6 Å². The molecule has 0 spiro atoms. The normalized spacial score (nSPS) is 15.9. The van der Waals surface area contributed by atoms with E-state index in [1.54, 1.807) is 0 Å². The average molecular weight is 331 g/mol. The van der Waals surface area contributed by atoms with Crippen LogP contribution in [0.2, 0.25) is 0 Å². The molecule has 1 heterocycles. The topological polar surface area (TPSA) is 66.6 Å². The maximum Gasteiger partial charge on any atom is 0.236 e. The number of carbonyl (C=O) groups is 2. The fraction of sp³-hybridized carbons (Fsp3) is 0.579. The number of piperidine rings is 1. The smallest absolute Gasteiger partial charge is 0.236 e. The Morgan fingerprint density at radius 3 is 2.33 bits per heavy atom. The van der Waals surface area contributed by atoms with Crippen molar-refractivity contribution in [1.82, 2.24) is 9.80 Å². The molecule has 1 saturated heterocycles. The second-order valence-electron chi connectivity index (χ2n) is 6.98. The lowest BCUT2D eigenvalue weighted by Crippen LogP contribution is -2.48. The summed E-state index contributed by atoms with van der Waals surface area (Å²) < 4.78 is 0. The molecule has 24 heavy (non-hydrogen) atoms. The molecule has 1 aromatic rings. The van der Waals surface area contributed by atoms with Gasteiger partial charge in [0.1, 0.15) is 0 Å². The fourth-order valence-corrected chi connectivity index (χ4v) is 3.23. The van der Waals surface area contributed by atoms with Gasteiger partial charge in [-0.3, -0.25) is 14.5 Å². The Morgan fingerprint density at radius 2 is 1.79 bits per heavy atom. The van der Waals surface area contributed by atoms with Crippen molar-refractivity contribution < 1.29 is 9.59 Å². The van der Waals surface area contributed by atoms with Crippen LogP contribution >= 0.6 is 0 Å². The molecule has 2 N–H and O–H groups in total. The van der Waals surface area contributed by atoms with Crippen LogP contribution in [0.1, 0.15) is 32.3 Å². The van der Waals surface area contributed by atoms with Gasteiger partial charge in [-0.05, 0) is 44.6 Å². The van der Waals surface area contributed by atoms with Crippen molar-refractivity contribution in [2.24, 2.45) is 11.7 Å². The Morgan fingerprint density at radius 1 is 1.17 bits per heavy atom. The molecule has 0 aliphatic carbocycles. The zero-order chi connectivity index (χ0) is 17.5. The zero-order valence-electron chi connectivity index (χ0n) is 14.8. The highest BCUT2D eigenvalue weighted by atomic mass is 16.2.